The number of likely N-dealkylation sites (tertiary alicyclic amines) is 1. The van der Waals surface area contributed by atoms with Gasteiger partial charge in [0.1, 0.15) is 0 Å². The van der Waals surface area contributed by atoms with E-state index in [0.717, 1.165) is 24.2 Å². The highest BCUT2D eigenvalue weighted by Crippen LogP contribution is 2.16. The molecule has 0 bridgehead atoms. The molecule has 20 heavy (non-hydrogen) atoms. The third-order valence-electron chi connectivity index (χ3n) is 3.84. The van der Waals surface area contributed by atoms with Crippen molar-refractivity contribution >= 4 is 11.7 Å². The molecule has 0 aliphatic carbocycles. The van der Waals surface area contributed by atoms with Gasteiger partial charge >= 0.3 is 6.03 Å². The van der Waals surface area contributed by atoms with Crippen molar-refractivity contribution in [3.8, 4) is 0 Å². The lowest BCUT2D eigenvalue weighted by atomic mass is 10.1. The molecule has 0 spiro atoms. The first-order valence-corrected chi connectivity index (χ1v) is 7.17. The van der Waals surface area contributed by atoms with E-state index in [-0.39, 0.29) is 12.1 Å². The molecule has 2 rings (SSSR count). The highest BCUT2D eigenvalue weighted by Gasteiger charge is 2.20. The molecule has 2 unspecified atom stereocenters. The van der Waals surface area contributed by atoms with Crippen molar-refractivity contribution in [3.63, 3.8) is 0 Å². The average molecular weight is 276 g/mol. The summed E-state index contributed by atoms with van der Waals surface area (Å²) < 4.78 is 0. The first-order valence-electron chi connectivity index (χ1n) is 7.17. The summed E-state index contributed by atoms with van der Waals surface area (Å²) >= 11 is 0. The largest absolute Gasteiger partial charge is 0.336 e. The van der Waals surface area contributed by atoms with Crippen LogP contribution in [0.5, 0.6) is 0 Å². The van der Waals surface area contributed by atoms with E-state index in [9.17, 15) is 4.79 Å². The number of amides is 2. The van der Waals surface area contributed by atoms with Gasteiger partial charge in [-0.1, -0.05) is 12.1 Å². The number of nitrogens with two attached hydrogens (primary N) is 1. The lowest BCUT2D eigenvalue weighted by molar-refractivity contribution is 0.245. The Labute approximate surface area is 120 Å². The number of hydrogen-bond donors (Lipinski definition) is 3. The molecule has 1 aliphatic rings. The Balaban J connectivity index is 1.83. The Morgan fingerprint density at radius 1 is 1.55 bits per heavy atom. The van der Waals surface area contributed by atoms with Crippen LogP contribution in [-0.4, -0.2) is 37.1 Å². The second kappa shape index (κ2) is 6.72. The number of hydrogen-bond acceptors (Lipinski definition) is 3. The molecule has 1 saturated heterocycles. The summed E-state index contributed by atoms with van der Waals surface area (Å²) in [6.45, 7) is 3.73. The zero-order chi connectivity index (χ0) is 14.5. The minimum Gasteiger partial charge on any atom is -0.336 e. The summed E-state index contributed by atoms with van der Waals surface area (Å²) in [5, 5.41) is 5.78. The van der Waals surface area contributed by atoms with Gasteiger partial charge in [0, 0.05) is 24.3 Å². The average Bonchev–Trinajstić information content (AvgIpc) is 2.82. The number of likely N-dealkylation sites (N-methyl/N-ethyl adjacent to an activating group) is 1. The van der Waals surface area contributed by atoms with Gasteiger partial charge in [-0.15, -0.1) is 0 Å². The fourth-order valence-corrected chi connectivity index (χ4v) is 2.52. The van der Waals surface area contributed by atoms with Gasteiger partial charge in [0.25, 0.3) is 0 Å². The summed E-state index contributed by atoms with van der Waals surface area (Å²) in [6, 6.07) is 7.90. The van der Waals surface area contributed by atoms with Gasteiger partial charge < -0.3 is 21.3 Å². The Hall–Kier alpha value is -1.59. The van der Waals surface area contributed by atoms with Gasteiger partial charge in [0.15, 0.2) is 0 Å². The van der Waals surface area contributed by atoms with E-state index in [4.69, 9.17) is 5.73 Å². The first kappa shape index (κ1) is 14.8. The van der Waals surface area contributed by atoms with Gasteiger partial charge in [-0.2, -0.15) is 0 Å². The van der Waals surface area contributed by atoms with Crippen LogP contribution < -0.4 is 16.4 Å². The van der Waals surface area contributed by atoms with E-state index in [1.165, 1.54) is 6.42 Å². The smallest absolute Gasteiger partial charge is 0.319 e. The number of carbonyl (C=O) groups excluding carboxylic acids is 1. The van der Waals surface area contributed by atoms with Gasteiger partial charge in [0.05, 0.1) is 0 Å². The van der Waals surface area contributed by atoms with Crippen LogP contribution in [0.3, 0.4) is 0 Å². The summed E-state index contributed by atoms with van der Waals surface area (Å²) in [6.07, 6.45) is 2.36. The lowest BCUT2D eigenvalue weighted by Crippen LogP contribution is -2.40. The summed E-state index contributed by atoms with van der Waals surface area (Å²) in [4.78, 5) is 14.2. The summed E-state index contributed by atoms with van der Waals surface area (Å²) in [7, 11) is 2.10. The monoisotopic (exact) mass is 276 g/mol. The molecular formula is C15H24N4O. The maximum absolute atomic E-state index is 11.9. The number of rotatable bonds is 4. The van der Waals surface area contributed by atoms with E-state index >= 15 is 0 Å². The number of nitrogens with one attached hydrogen (secondary N) is 2. The van der Waals surface area contributed by atoms with E-state index in [0.29, 0.717) is 12.6 Å². The van der Waals surface area contributed by atoms with Crippen LogP contribution in [0.25, 0.3) is 0 Å². The molecule has 1 heterocycles. The Morgan fingerprint density at radius 3 is 3.00 bits per heavy atom. The molecule has 5 nitrogen and oxygen atoms in total. The normalized spacial score (nSPS) is 20.6. The molecule has 5 heteroatoms. The van der Waals surface area contributed by atoms with Crippen molar-refractivity contribution in [2.75, 3.05) is 25.5 Å². The van der Waals surface area contributed by atoms with Crippen LogP contribution >= 0.6 is 0 Å². The second-order valence-electron chi connectivity index (χ2n) is 5.53. The minimum atomic E-state index is -0.160. The van der Waals surface area contributed by atoms with Crippen molar-refractivity contribution in [2.45, 2.75) is 31.8 Å². The van der Waals surface area contributed by atoms with Crippen molar-refractivity contribution < 1.29 is 4.79 Å². The first-order chi connectivity index (χ1) is 9.56. The van der Waals surface area contributed by atoms with Crippen LogP contribution in [0.4, 0.5) is 10.5 Å². The Bertz CT molecular complexity index is 461. The number of nitrogens with zero attached hydrogens (tertiary/aromatic N) is 1. The van der Waals surface area contributed by atoms with Gasteiger partial charge in [-0.3, -0.25) is 0 Å². The number of benzene rings is 1. The maximum atomic E-state index is 11.9. The third-order valence-corrected chi connectivity index (χ3v) is 3.84. The SMILES string of the molecule is CC(N)c1cccc(NC(=O)NCC2CCCN2C)c1. The molecule has 0 aromatic heterocycles. The summed E-state index contributed by atoms with van der Waals surface area (Å²) in [5.41, 5.74) is 7.62. The summed E-state index contributed by atoms with van der Waals surface area (Å²) in [5.74, 6) is 0. The third kappa shape index (κ3) is 3.95. The van der Waals surface area contributed by atoms with E-state index in [2.05, 4.69) is 22.6 Å². The van der Waals surface area contributed by atoms with E-state index < -0.39 is 0 Å². The minimum absolute atomic E-state index is 0.0352. The molecule has 110 valence electrons. The fraction of sp³-hybridized carbons (Fsp3) is 0.533. The Morgan fingerprint density at radius 2 is 2.35 bits per heavy atom. The molecule has 2 atom stereocenters. The Kier molecular flexibility index (Phi) is 4.98. The van der Waals surface area contributed by atoms with Crippen LogP contribution in [0.2, 0.25) is 0 Å². The molecule has 4 N–H and O–H groups in total. The van der Waals surface area contributed by atoms with Crippen LogP contribution in [0, 0.1) is 0 Å². The van der Waals surface area contributed by atoms with Crippen LogP contribution in [-0.2, 0) is 0 Å². The predicted molar refractivity (Wildman–Crippen MR) is 81.7 cm³/mol. The molecule has 1 aliphatic heterocycles. The number of urea groups is 1. The molecule has 1 aromatic rings. The van der Waals surface area contributed by atoms with Crippen molar-refractivity contribution in [3.05, 3.63) is 29.8 Å². The molecule has 1 fully saturated rings. The quantitative estimate of drug-likeness (QED) is 0.787. The van der Waals surface area contributed by atoms with Crippen molar-refractivity contribution in [1.82, 2.24) is 10.2 Å². The highest BCUT2D eigenvalue weighted by atomic mass is 16.2. The lowest BCUT2D eigenvalue weighted by Gasteiger charge is -2.19. The van der Waals surface area contributed by atoms with Gasteiger partial charge in [0.2, 0.25) is 0 Å². The zero-order valence-corrected chi connectivity index (χ0v) is 12.2. The molecule has 0 radical (unpaired) electrons. The molecule has 2 amide bonds. The second-order valence-corrected chi connectivity index (χ2v) is 5.53. The number of carbonyl (C=O) groups is 1. The van der Waals surface area contributed by atoms with E-state index in [1.54, 1.807) is 0 Å². The molecule has 1 aromatic carbocycles. The number of anilines is 1. The van der Waals surface area contributed by atoms with Crippen LogP contribution in [0.1, 0.15) is 31.4 Å². The van der Waals surface area contributed by atoms with E-state index in [1.807, 2.05) is 31.2 Å². The molecular weight excluding hydrogens is 252 g/mol. The zero-order valence-electron chi connectivity index (χ0n) is 12.2. The highest BCUT2D eigenvalue weighted by molar-refractivity contribution is 5.89. The topological polar surface area (TPSA) is 70.4 Å². The van der Waals surface area contributed by atoms with Crippen LogP contribution in [0.15, 0.2) is 24.3 Å². The van der Waals surface area contributed by atoms with Crippen molar-refractivity contribution in [1.29, 1.82) is 0 Å². The standard InChI is InChI=1S/C15H24N4O/c1-11(16)12-5-3-6-13(9-12)18-15(20)17-10-14-7-4-8-19(14)2/h3,5-6,9,11,14H,4,7-8,10,16H2,1-2H3,(H2,17,18,20). The van der Waals surface area contributed by atoms with Crippen molar-refractivity contribution in [2.24, 2.45) is 5.73 Å². The fourth-order valence-electron chi connectivity index (χ4n) is 2.52. The van der Waals surface area contributed by atoms with Gasteiger partial charge in [-0.25, -0.2) is 4.79 Å². The predicted octanol–water partition coefficient (Wildman–Crippen LogP) is 1.92. The molecule has 0 saturated carbocycles. The maximum Gasteiger partial charge on any atom is 0.319 e. The van der Waals surface area contributed by atoms with Gasteiger partial charge in [-0.05, 0) is 51.1 Å².